The molecule has 0 unspecified atom stereocenters. The number of aromatic hydroxyl groups is 1. The summed E-state index contributed by atoms with van der Waals surface area (Å²) in [7, 11) is 0. The molecular weight excluding hydrogens is 324 g/mol. The van der Waals surface area contributed by atoms with E-state index >= 15 is 0 Å². The number of hydrogen-bond donors (Lipinski definition) is 2. The molecule has 24 heavy (non-hydrogen) atoms. The number of nitrogens with one attached hydrogen (secondary N) is 1. The highest BCUT2D eigenvalue weighted by molar-refractivity contribution is 7.99. The maximum Gasteiger partial charge on any atom is 0.227 e. The predicted molar refractivity (Wildman–Crippen MR) is 95.5 cm³/mol. The lowest BCUT2D eigenvalue weighted by atomic mass is 10.2. The number of anilines is 2. The summed E-state index contributed by atoms with van der Waals surface area (Å²) >= 11 is 1.74. The fraction of sp³-hybridized carbons (Fsp3) is 0.222. The third-order valence-corrected chi connectivity index (χ3v) is 4.82. The number of phenols is 1. The van der Waals surface area contributed by atoms with Gasteiger partial charge in [0.15, 0.2) is 0 Å². The molecule has 2 N–H and O–H groups in total. The molecule has 0 radical (unpaired) electrons. The van der Waals surface area contributed by atoms with Crippen LogP contribution in [0, 0.1) is 0 Å². The van der Waals surface area contributed by atoms with Crippen molar-refractivity contribution in [1.82, 2.24) is 0 Å². The smallest absolute Gasteiger partial charge is 0.227 e. The maximum atomic E-state index is 12.5. The molecule has 2 aromatic rings. The lowest BCUT2D eigenvalue weighted by molar-refractivity contribution is -0.122. The Morgan fingerprint density at radius 2 is 1.83 bits per heavy atom. The van der Waals surface area contributed by atoms with Crippen LogP contribution in [0.15, 0.2) is 53.4 Å². The molecular formula is C18H18N2O3S. The van der Waals surface area contributed by atoms with Crippen molar-refractivity contribution in [2.75, 3.05) is 22.5 Å². The summed E-state index contributed by atoms with van der Waals surface area (Å²) < 4.78 is 0. The Morgan fingerprint density at radius 1 is 1.08 bits per heavy atom. The zero-order valence-corrected chi connectivity index (χ0v) is 13.9. The van der Waals surface area contributed by atoms with Gasteiger partial charge in [-0.15, -0.1) is 11.8 Å². The third-order valence-electron chi connectivity index (χ3n) is 3.77. The number of thioether (sulfide) groups is 1. The van der Waals surface area contributed by atoms with Crippen LogP contribution in [-0.2, 0) is 9.59 Å². The molecule has 0 bridgehead atoms. The molecule has 0 fully saturated rings. The summed E-state index contributed by atoms with van der Waals surface area (Å²) in [5, 5.41) is 12.3. The summed E-state index contributed by atoms with van der Waals surface area (Å²) in [6.45, 7) is 0.654. The van der Waals surface area contributed by atoms with Crippen LogP contribution < -0.4 is 10.2 Å². The summed E-state index contributed by atoms with van der Waals surface area (Å²) in [6, 6.07) is 14.3. The van der Waals surface area contributed by atoms with E-state index in [4.69, 9.17) is 0 Å². The van der Waals surface area contributed by atoms with E-state index in [-0.39, 0.29) is 30.4 Å². The van der Waals surface area contributed by atoms with Gasteiger partial charge in [-0.05, 0) is 24.3 Å². The first kappa shape index (κ1) is 16.4. The molecule has 1 heterocycles. The van der Waals surface area contributed by atoms with Crippen LogP contribution >= 0.6 is 11.8 Å². The molecule has 3 rings (SSSR count). The number of para-hydroxylation sites is 3. The van der Waals surface area contributed by atoms with Crippen molar-refractivity contribution < 1.29 is 14.7 Å². The number of fused-ring (bicyclic) bond motifs is 1. The highest BCUT2D eigenvalue weighted by Gasteiger charge is 2.22. The number of carbonyl (C=O) groups excluding carboxylic acids is 2. The number of nitrogens with zero attached hydrogens (tertiary/aromatic N) is 1. The van der Waals surface area contributed by atoms with Gasteiger partial charge in [0.25, 0.3) is 0 Å². The normalized spacial score (nSPS) is 13.2. The highest BCUT2D eigenvalue weighted by Crippen LogP contribution is 2.34. The van der Waals surface area contributed by atoms with E-state index in [1.54, 1.807) is 34.9 Å². The molecule has 124 valence electrons. The molecule has 2 aromatic carbocycles. The molecule has 6 heteroatoms. The summed E-state index contributed by atoms with van der Waals surface area (Å²) in [5.74, 6) is 0.520. The minimum absolute atomic E-state index is 0.0131. The van der Waals surface area contributed by atoms with Crippen LogP contribution in [0.25, 0.3) is 0 Å². The largest absolute Gasteiger partial charge is 0.506 e. The van der Waals surface area contributed by atoms with Gasteiger partial charge in [0.1, 0.15) is 5.75 Å². The fourth-order valence-electron chi connectivity index (χ4n) is 2.58. The first-order valence-electron chi connectivity index (χ1n) is 7.75. The molecule has 0 saturated carbocycles. The second kappa shape index (κ2) is 7.40. The van der Waals surface area contributed by atoms with Gasteiger partial charge in [0, 0.05) is 30.0 Å². The zero-order valence-electron chi connectivity index (χ0n) is 13.1. The fourth-order valence-corrected chi connectivity index (χ4v) is 3.57. The number of benzene rings is 2. The van der Waals surface area contributed by atoms with Crippen molar-refractivity contribution in [2.24, 2.45) is 0 Å². The molecule has 2 amide bonds. The maximum absolute atomic E-state index is 12.5. The Bertz CT molecular complexity index is 763. The molecule has 1 aliphatic heterocycles. The predicted octanol–water partition coefficient (Wildman–Crippen LogP) is 3.25. The van der Waals surface area contributed by atoms with Crippen molar-refractivity contribution in [3.8, 4) is 5.75 Å². The second-order valence-electron chi connectivity index (χ2n) is 5.43. The Morgan fingerprint density at radius 3 is 2.67 bits per heavy atom. The minimum atomic E-state index is -0.287. The number of hydrogen-bond acceptors (Lipinski definition) is 4. The average molecular weight is 342 g/mol. The number of phenolic OH excluding ortho intramolecular Hbond substituents is 1. The minimum Gasteiger partial charge on any atom is -0.506 e. The van der Waals surface area contributed by atoms with Crippen molar-refractivity contribution in [3.63, 3.8) is 0 Å². The van der Waals surface area contributed by atoms with Crippen LogP contribution in [0.2, 0.25) is 0 Å². The molecule has 0 saturated heterocycles. The van der Waals surface area contributed by atoms with Crippen molar-refractivity contribution in [2.45, 2.75) is 17.7 Å². The summed E-state index contributed by atoms with van der Waals surface area (Å²) in [5.41, 5.74) is 1.27. The van der Waals surface area contributed by atoms with Crippen LogP contribution in [0.4, 0.5) is 11.4 Å². The standard InChI is InChI=1S/C18H18N2O3S/c21-15-7-3-1-5-13(15)19-17(22)9-10-18(23)20-11-12-24-16-8-4-2-6-14(16)20/h1-8,21H,9-12H2,(H,19,22). The third kappa shape index (κ3) is 3.71. The summed E-state index contributed by atoms with van der Waals surface area (Å²) in [6.07, 6.45) is 0.220. The van der Waals surface area contributed by atoms with E-state index in [0.29, 0.717) is 12.2 Å². The molecule has 0 atom stereocenters. The van der Waals surface area contributed by atoms with Crippen LogP contribution in [0.3, 0.4) is 0 Å². The molecule has 0 aromatic heterocycles. The molecule has 1 aliphatic rings. The average Bonchev–Trinajstić information content (AvgIpc) is 2.61. The van der Waals surface area contributed by atoms with Gasteiger partial charge in [0.2, 0.25) is 11.8 Å². The summed E-state index contributed by atoms with van der Waals surface area (Å²) in [4.78, 5) is 27.3. The lowest BCUT2D eigenvalue weighted by Gasteiger charge is -2.29. The van der Waals surface area contributed by atoms with E-state index in [0.717, 1.165) is 16.3 Å². The van der Waals surface area contributed by atoms with Gasteiger partial charge in [0.05, 0.1) is 11.4 Å². The number of carbonyl (C=O) groups is 2. The van der Waals surface area contributed by atoms with Crippen molar-refractivity contribution >= 4 is 35.0 Å². The van der Waals surface area contributed by atoms with Gasteiger partial charge >= 0.3 is 0 Å². The van der Waals surface area contributed by atoms with Crippen LogP contribution in [0.1, 0.15) is 12.8 Å². The van der Waals surface area contributed by atoms with Gasteiger partial charge in [-0.25, -0.2) is 0 Å². The van der Waals surface area contributed by atoms with Crippen molar-refractivity contribution in [3.05, 3.63) is 48.5 Å². The SMILES string of the molecule is O=C(CCC(=O)N1CCSc2ccccc21)Nc1ccccc1O. The molecule has 5 nitrogen and oxygen atoms in total. The highest BCUT2D eigenvalue weighted by atomic mass is 32.2. The van der Waals surface area contributed by atoms with Gasteiger partial charge in [-0.2, -0.15) is 0 Å². The van der Waals surface area contributed by atoms with Gasteiger partial charge in [-0.1, -0.05) is 24.3 Å². The zero-order chi connectivity index (χ0) is 16.9. The van der Waals surface area contributed by atoms with Gasteiger partial charge < -0.3 is 15.3 Å². The van der Waals surface area contributed by atoms with E-state index in [9.17, 15) is 14.7 Å². The topological polar surface area (TPSA) is 69.6 Å². The Labute approximate surface area is 144 Å². The number of rotatable bonds is 4. The first-order valence-corrected chi connectivity index (χ1v) is 8.74. The monoisotopic (exact) mass is 342 g/mol. The second-order valence-corrected chi connectivity index (χ2v) is 6.56. The van der Waals surface area contributed by atoms with E-state index < -0.39 is 0 Å². The Hall–Kier alpha value is -2.47. The van der Waals surface area contributed by atoms with E-state index in [1.807, 2.05) is 24.3 Å². The van der Waals surface area contributed by atoms with Crippen LogP contribution in [0.5, 0.6) is 5.75 Å². The van der Waals surface area contributed by atoms with Crippen LogP contribution in [-0.4, -0.2) is 29.2 Å². The molecule has 0 aliphatic carbocycles. The first-order chi connectivity index (χ1) is 11.6. The number of amides is 2. The van der Waals surface area contributed by atoms with E-state index in [2.05, 4.69) is 5.32 Å². The van der Waals surface area contributed by atoms with E-state index in [1.165, 1.54) is 6.07 Å². The van der Waals surface area contributed by atoms with Crippen molar-refractivity contribution in [1.29, 1.82) is 0 Å². The molecule has 0 spiro atoms. The Kier molecular flexibility index (Phi) is 5.05. The van der Waals surface area contributed by atoms with Gasteiger partial charge in [-0.3, -0.25) is 9.59 Å². The lowest BCUT2D eigenvalue weighted by Crippen LogP contribution is -2.35. The Balaban J connectivity index is 1.58. The quantitative estimate of drug-likeness (QED) is 0.837.